The first-order valence-electron chi connectivity index (χ1n) is 9.25. The normalized spacial score (nSPS) is 20.7. The molecule has 3 heteroatoms. The molecule has 0 N–H and O–H groups in total. The van der Waals surface area contributed by atoms with Crippen molar-refractivity contribution in [3.8, 4) is 11.1 Å². The van der Waals surface area contributed by atoms with Gasteiger partial charge in [0.25, 0.3) is 0 Å². The van der Waals surface area contributed by atoms with Crippen LogP contribution in [0.4, 0.5) is 13.2 Å². The van der Waals surface area contributed by atoms with Gasteiger partial charge in [-0.15, -0.1) is 0 Å². The van der Waals surface area contributed by atoms with Crippen LogP contribution in [-0.2, 0) is 0 Å². The molecule has 25 heavy (non-hydrogen) atoms. The zero-order chi connectivity index (χ0) is 18.0. The van der Waals surface area contributed by atoms with Crippen molar-refractivity contribution in [2.75, 3.05) is 0 Å². The summed E-state index contributed by atoms with van der Waals surface area (Å²) in [5.41, 5.74) is 1.46. The third kappa shape index (κ3) is 3.75. The van der Waals surface area contributed by atoms with Crippen LogP contribution in [0.25, 0.3) is 11.1 Å². The largest absolute Gasteiger partial charge is 0.207 e. The van der Waals surface area contributed by atoms with E-state index in [4.69, 9.17) is 0 Å². The third-order valence-corrected chi connectivity index (χ3v) is 5.62. The fourth-order valence-electron chi connectivity index (χ4n) is 4.02. The van der Waals surface area contributed by atoms with E-state index in [1.54, 1.807) is 12.1 Å². The minimum Gasteiger partial charge on any atom is -0.207 e. The van der Waals surface area contributed by atoms with Crippen LogP contribution in [0.5, 0.6) is 0 Å². The molecule has 1 aliphatic rings. The monoisotopic (exact) mass is 346 g/mol. The zero-order valence-electron chi connectivity index (χ0n) is 14.9. The van der Waals surface area contributed by atoms with Gasteiger partial charge in [-0.3, -0.25) is 0 Å². The van der Waals surface area contributed by atoms with Crippen molar-refractivity contribution < 1.29 is 13.2 Å². The number of hydrogen-bond donors (Lipinski definition) is 0. The quantitative estimate of drug-likeness (QED) is 0.515. The van der Waals surface area contributed by atoms with Gasteiger partial charge in [-0.2, -0.15) is 0 Å². The van der Waals surface area contributed by atoms with Crippen LogP contribution in [0.2, 0.25) is 0 Å². The van der Waals surface area contributed by atoms with Crippen LogP contribution in [0.1, 0.15) is 62.5 Å². The van der Waals surface area contributed by atoms with E-state index < -0.39 is 17.5 Å². The summed E-state index contributed by atoms with van der Waals surface area (Å²) >= 11 is 0. The molecular weight excluding hydrogens is 321 g/mol. The Labute approximate surface area is 148 Å². The highest BCUT2D eigenvalue weighted by atomic mass is 19.2. The Morgan fingerprint density at radius 1 is 0.920 bits per heavy atom. The van der Waals surface area contributed by atoms with Crippen molar-refractivity contribution in [3.63, 3.8) is 0 Å². The number of benzene rings is 2. The first-order chi connectivity index (χ1) is 12.0. The molecule has 0 nitrogen and oxygen atoms in total. The summed E-state index contributed by atoms with van der Waals surface area (Å²) in [6.45, 7) is 3.48. The average Bonchev–Trinajstić information content (AvgIpc) is 2.64. The summed E-state index contributed by atoms with van der Waals surface area (Å²) < 4.78 is 41.7. The fourth-order valence-corrected chi connectivity index (χ4v) is 4.02. The van der Waals surface area contributed by atoms with E-state index in [1.807, 2.05) is 12.1 Å². The number of rotatable bonds is 4. The second kappa shape index (κ2) is 7.63. The molecule has 1 saturated carbocycles. The molecule has 0 atom stereocenters. The van der Waals surface area contributed by atoms with E-state index in [0.717, 1.165) is 12.0 Å². The molecule has 0 heterocycles. The van der Waals surface area contributed by atoms with Crippen molar-refractivity contribution in [3.05, 3.63) is 58.9 Å². The SMILES string of the molecule is CCCC1CCC(c2ccc(-c3cc(F)c(C)c(F)c3F)cc2)CC1. The van der Waals surface area contributed by atoms with Crippen molar-refractivity contribution in [1.29, 1.82) is 0 Å². The van der Waals surface area contributed by atoms with Gasteiger partial charge in [0, 0.05) is 11.1 Å². The standard InChI is InChI=1S/C22H25F3/c1-3-4-15-5-7-16(8-6-15)17-9-11-18(12-10-17)19-13-20(23)14(2)21(24)22(19)25/h9-13,15-16H,3-8H2,1-2H3. The smallest absolute Gasteiger partial charge is 0.167 e. The molecule has 0 amide bonds. The van der Waals surface area contributed by atoms with Gasteiger partial charge >= 0.3 is 0 Å². The van der Waals surface area contributed by atoms with Gasteiger partial charge in [0.05, 0.1) is 0 Å². The summed E-state index contributed by atoms with van der Waals surface area (Å²) in [7, 11) is 0. The van der Waals surface area contributed by atoms with Gasteiger partial charge in [0.1, 0.15) is 5.82 Å². The molecule has 1 aliphatic carbocycles. The summed E-state index contributed by atoms with van der Waals surface area (Å²) in [4.78, 5) is 0. The zero-order valence-corrected chi connectivity index (χ0v) is 14.9. The van der Waals surface area contributed by atoms with Crippen molar-refractivity contribution in [2.24, 2.45) is 5.92 Å². The van der Waals surface area contributed by atoms with E-state index in [2.05, 4.69) is 6.92 Å². The van der Waals surface area contributed by atoms with Crippen LogP contribution >= 0.6 is 0 Å². The molecule has 2 aromatic carbocycles. The topological polar surface area (TPSA) is 0 Å². The van der Waals surface area contributed by atoms with Gasteiger partial charge < -0.3 is 0 Å². The number of halogens is 3. The van der Waals surface area contributed by atoms with Crippen LogP contribution in [0, 0.1) is 30.3 Å². The Morgan fingerprint density at radius 2 is 1.56 bits per heavy atom. The molecule has 0 bridgehead atoms. The molecule has 0 radical (unpaired) electrons. The van der Waals surface area contributed by atoms with E-state index in [0.29, 0.717) is 11.5 Å². The predicted molar refractivity (Wildman–Crippen MR) is 96.1 cm³/mol. The number of hydrogen-bond acceptors (Lipinski definition) is 0. The highest BCUT2D eigenvalue weighted by Crippen LogP contribution is 2.38. The Balaban J connectivity index is 1.78. The van der Waals surface area contributed by atoms with Gasteiger partial charge in [-0.1, -0.05) is 44.0 Å². The molecule has 0 unspecified atom stereocenters. The van der Waals surface area contributed by atoms with E-state index in [-0.39, 0.29) is 11.1 Å². The highest BCUT2D eigenvalue weighted by Gasteiger charge is 2.22. The third-order valence-electron chi connectivity index (χ3n) is 5.62. The maximum atomic E-state index is 14.2. The first-order valence-corrected chi connectivity index (χ1v) is 9.25. The Kier molecular flexibility index (Phi) is 5.51. The van der Waals surface area contributed by atoms with Crippen LogP contribution < -0.4 is 0 Å². The van der Waals surface area contributed by atoms with Gasteiger partial charge in [0.2, 0.25) is 0 Å². The molecule has 0 aromatic heterocycles. The van der Waals surface area contributed by atoms with Gasteiger partial charge in [0.15, 0.2) is 11.6 Å². The van der Waals surface area contributed by atoms with E-state index >= 15 is 0 Å². The second-order valence-electron chi connectivity index (χ2n) is 7.29. The van der Waals surface area contributed by atoms with Crippen molar-refractivity contribution in [1.82, 2.24) is 0 Å². The summed E-state index contributed by atoms with van der Waals surface area (Å²) in [5, 5.41) is 0. The predicted octanol–water partition coefficient (Wildman–Crippen LogP) is 7.15. The van der Waals surface area contributed by atoms with Crippen LogP contribution in [0.3, 0.4) is 0 Å². The molecule has 0 aliphatic heterocycles. The minimum absolute atomic E-state index is 0.0150. The minimum atomic E-state index is -1.10. The molecule has 2 aromatic rings. The molecule has 3 rings (SSSR count). The Morgan fingerprint density at radius 3 is 2.16 bits per heavy atom. The Bertz CT molecular complexity index is 726. The summed E-state index contributed by atoms with van der Waals surface area (Å²) in [5.74, 6) is -1.40. The van der Waals surface area contributed by atoms with Gasteiger partial charge in [-0.25, -0.2) is 13.2 Å². The first kappa shape index (κ1) is 18.0. The maximum absolute atomic E-state index is 14.2. The van der Waals surface area contributed by atoms with Crippen molar-refractivity contribution >= 4 is 0 Å². The molecule has 1 fully saturated rings. The Hall–Kier alpha value is -1.77. The maximum Gasteiger partial charge on any atom is 0.167 e. The van der Waals surface area contributed by atoms with E-state index in [1.165, 1.54) is 51.0 Å². The van der Waals surface area contributed by atoms with E-state index in [9.17, 15) is 13.2 Å². The average molecular weight is 346 g/mol. The fraction of sp³-hybridized carbons (Fsp3) is 0.455. The lowest BCUT2D eigenvalue weighted by molar-refractivity contribution is 0.308. The lowest BCUT2D eigenvalue weighted by atomic mass is 9.77. The lowest BCUT2D eigenvalue weighted by Gasteiger charge is -2.28. The molecular formula is C22H25F3. The van der Waals surface area contributed by atoms with Crippen LogP contribution in [0.15, 0.2) is 30.3 Å². The lowest BCUT2D eigenvalue weighted by Crippen LogP contribution is -2.13. The molecule has 134 valence electrons. The second-order valence-corrected chi connectivity index (χ2v) is 7.29. The molecule has 0 saturated heterocycles. The van der Waals surface area contributed by atoms with Crippen molar-refractivity contribution in [2.45, 2.75) is 58.3 Å². The molecule has 0 spiro atoms. The summed E-state index contributed by atoms with van der Waals surface area (Å²) in [6.07, 6.45) is 7.47. The summed E-state index contributed by atoms with van der Waals surface area (Å²) in [6, 6.07) is 8.60. The van der Waals surface area contributed by atoms with Gasteiger partial charge in [-0.05, 0) is 61.6 Å². The highest BCUT2D eigenvalue weighted by molar-refractivity contribution is 5.65. The van der Waals surface area contributed by atoms with Crippen LogP contribution in [-0.4, -0.2) is 0 Å².